The van der Waals surface area contributed by atoms with Gasteiger partial charge in [0.05, 0.1) is 10.9 Å². The number of rotatable bonds is 3. The number of hydrogen-bond donors (Lipinski definition) is 2. The first-order chi connectivity index (χ1) is 13.5. The normalized spacial score (nSPS) is 11.1. The third-order valence-corrected chi connectivity index (χ3v) is 4.96. The Morgan fingerprint density at radius 3 is 2.75 bits per heavy atom. The topological polar surface area (TPSA) is 92.2 Å². The first-order valence-electron chi connectivity index (χ1n) is 8.54. The lowest BCUT2D eigenvalue weighted by Gasteiger charge is -2.11. The first-order valence-corrected chi connectivity index (χ1v) is 8.92. The minimum atomic E-state index is -0.458. The Bertz CT molecular complexity index is 1360. The van der Waals surface area contributed by atoms with Crippen LogP contribution in [0.5, 0.6) is 0 Å². The molecular weight excluding hydrogens is 378 g/mol. The molecule has 0 aliphatic heterocycles. The zero-order valence-corrected chi connectivity index (χ0v) is 15.7. The molecule has 7 nitrogen and oxygen atoms in total. The van der Waals surface area contributed by atoms with Crippen LogP contribution in [0.3, 0.4) is 0 Å². The number of aryl methyl sites for hydroxylation is 1. The number of carbonyl (C=O) groups excluding carboxylic acids is 1. The summed E-state index contributed by atoms with van der Waals surface area (Å²) in [6, 6.07) is 13.9. The van der Waals surface area contributed by atoms with E-state index in [9.17, 15) is 9.59 Å². The lowest BCUT2D eigenvalue weighted by molar-refractivity contribution is 0.0948. The monoisotopic (exact) mass is 393 g/mol. The summed E-state index contributed by atoms with van der Waals surface area (Å²) in [6.45, 7) is 0.217. The second-order valence-corrected chi connectivity index (χ2v) is 6.73. The molecule has 0 aliphatic carbocycles. The molecule has 0 aliphatic rings. The summed E-state index contributed by atoms with van der Waals surface area (Å²) in [7, 11) is 1.61. The quantitative estimate of drug-likeness (QED) is 0.523. The van der Waals surface area contributed by atoms with Gasteiger partial charge in [-0.05, 0) is 29.8 Å². The fourth-order valence-corrected chi connectivity index (χ4v) is 3.26. The molecule has 140 valence electrons. The highest BCUT2D eigenvalue weighted by Gasteiger charge is 2.16. The Labute approximate surface area is 164 Å². The van der Waals surface area contributed by atoms with E-state index in [-0.39, 0.29) is 28.5 Å². The van der Waals surface area contributed by atoms with Crippen LogP contribution in [-0.2, 0) is 13.6 Å². The molecule has 0 spiro atoms. The summed E-state index contributed by atoms with van der Waals surface area (Å²) < 4.78 is 2.85. The Morgan fingerprint density at radius 1 is 1.21 bits per heavy atom. The maximum Gasteiger partial charge on any atom is 0.267 e. The van der Waals surface area contributed by atoms with Crippen molar-refractivity contribution in [3.05, 3.63) is 86.7 Å². The SMILES string of the molecule is Cn1c(=N)c(C(=O)NCc2ccccc2Cl)cc2c(=O)n3ccccc3nc21. The van der Waals surface area contributed by atoms with Gasteiger partial charge in [0.2, 0.25) is 0 Å². The summed E-state index contributed by atoms with van der Waals surface area (Å²) in [4.78, 5) is 30.0. The van der Waals surface area contributed by atoms with E-state index < -0.39 is 5.91 Å². The zero-order valence-electron chi connectivity index (χ0n) is 14.9. The van der Waals surface area contributed by atoms with Gasteiger partial charge in [-0.25, -0.2) is 4.98 Å². The number of benzene rings is 1. The molecule has 1 aromatic carbocycles. The van der Waals surface area contributed by atoms with E-state index in [1.54, 1.807) is 37.5 Å². The van der Waals surface area contributed by atoms with Crippen LogP contribution >= 0.6 is 11.6 Å². The number of pyridine rings is 2. The third-order valence-electron chi connectivity index (χ3n) is 4.59. The Hall–Kier alpha value is -3.45. The molecule has 4 aromatic rings. The van der Waals surface area contributed by atoms with Crippen molar-refractivity contribution >= 4 is 34.2 Å². The second-order valence-electron chi connectivity index (χ2n) is 6.32. The Kier molecular flexibility index (Phi) is 4.44. The van der Waals surface area contributed by atoms with Crippen molar-refractivity contribution in [2.75, 3.05) is 0 Å². The molecule has 3 aromatic heterocycles. The van der Waals surface area contributed by atoms with E-state index in [0.29, 0.717) is 16.3 Å². The number of amides is 1. The smallest absolute Gasteiger partial charge is 0.267 e. The van der Waals surface area contributed by atoms with Gasteiger partial charge >= 0.3 is 0 Å². The molecule has 2 N–H and O–H groups in total. The van der Waals surface area contributed by atoms with Crippen molar-refractivity contribution in [1.29, 1.82) is 5.41 Å². The molecule has 1 amide bonds. The third kappa shape index (κ3) is 2.95. The molecular formula is C20H16ClN5O2. The number of hydrogen-bond acceptors (Lipinski definition) is 4. The molecule has 0 radical (unpaired) electrons. The number of halogens is 1. The lowest BCUT2D eigenvalue weighted by Crippen LogP contribution is -2.33. The van der Waals surface area contributed by atoms with Gasteiger partial charge in [-0.2, -0.15) is 0 Å². The van der Waals surface area contributed by atoms with Crippen molar-refractivity contribution in [3.8, 4) is 0 Å². The fraction of sp³-hybridized carbons (Fsp3) is 0.100. The molecule has 8 heteroatoms. The minimum absolute atomic E-state index is 0.0312. The molecule has 3 heterocycles. The van der Waals surface area contributed by atoms with Crippen LogP contribution in [0.4, 0.5) is 0 Å². The maximum absolute atomic E-state index is 12.8. The van der Waals surface area contributed by atoms with Crippen molar-refractivity contribution in [2.24, 2.45) is 7.05 Å². The van der Waals surface area contributed by atoms with E-state index in [4.69, 9.17) is 17.0 Å². The minimum Gasteiger partial charge on any atom is -0.348 e. The lowest BCUT2D eigenvalue weighted by atomic mass is 10.2. The average Bonchev–Trinajstić information content (AvgIpc) is 2.70. The van der Waals surface area contributed by atoms with Crippen molar-refractivity contribution in [3.63, 3.8) is 0 Å². The summed E-state index contributed by atoms with van der Waals surface area (Å²) in [5, 5.41) is 11.9. The van der Waals surface area contributed by atoms with Gasteiger partial charge < -0.3 is 9.88 Å². The summed E-state index contributed by atoms with van der Waals surface area (Å²) >= 11 is 6.12. The Morgan fingerprint density at radius 2 is 1.96 bits per heavy atom. The van der Waals surface area contributed by atoms with Crippen molar-refractivity contribution in [2.45, 2.75) is 6.54 Å². The van der Waals surface area contributed by atoms with Crippen LogP contribution in [0.15, 0.2) is 59.5 Å². The van der Waals surface area contributed by atoms with E-state index in [0.717, 1.165) is 5.56 Å². The average molecular weight is 394 g/mol. The summed E-state index contributed by atoms with van der Waals surface area (Å²) in [6.07, 6.45) is 1.62. The standard InChI is InChI=1S/C20H16ClN5O2/c1-25-17(22)13(19(27)23-11-12-6-2-3-7-15(12)21)10-14-18(25)24-16-8-4-5-9-26(16)20(14)28/h2-10,22H,11H2,1H3,(H,23,27). The van der Waals surface area contributed by atoms with E-state index in [2.05, 4.69) is 10.3 Å². The predicted octanol–water partition coefficient (Wildman–Crippen LogP) is 2.25. The molecule has 28 heavy (non-hydrogen) atoms. The van der Waals surface area contributed by atoms with E-state index >= 15 is 0 Å². The van der Waals surface area contributed by atoms with Gasteiger partial charge in [0.25, 0.3) is 11.5 Å². The van der Waals surface area contributed by atoms with Gasteiger partial charge in [0.1, 0.15) is 16.8 Å². The number of aromatic nitrogens is 3. The molecule has 4 rings (SSSR count). The van der Waals surface area contributed by atoms with Gasteiger partial charge in [0, 0.05) is 24.8 Å². The van der Waals surface area contributed by atoms with Crippen molar-refractivity contribution in [1.82, 2.24) is 19.3 Å². The zero-order chi connectivity index (χ0) is 19.8. The molecule has 0 saturated heterocycles. The number of fused-ring (bicyclic) bond motifs is 2. The molecule has 0 bridgehead atoms. The molecule has 0 fully saturated rings. The van der Waals surface area contributed by atoms with Gasteiger partial charge in [-0.15, -0.1) is 0 Å². The molecule has 0 saturated carbocycles. The largest absolute Gasteiger partial charge is 0.348 e. The predicted molar refractivity (Wildman–Crippen MR) is 106 cm³/mol. The van der Waals surface area contributed by atoms with E-state index in [1.807, 2.05) is 18.2 Å². The highest BCUT2D eigenvalue weighted by Crippen LogP contribution is 2.15. The summed E-state index contributed by atoms with van der Waals surface area (Å²) in [5.41, 5.74) is 1.36. The van der Waals surface area contributed by atoms with Gasteiger partial charge in [0.15, 0.2) is 0 Å². The number of nitrogens with zero attached hydrogens (tertiary/aromatic N) is 3. The number of nitrogens with one attached hydrogen (secondary N) is 2. The van der Waals surface area contributed by atoms with Crippen molar-refractivity contribution < 1.29 is 4.79 Å². The van der Waals surface area contributed by atoms with Crippen LogP contribution in [0, 0.1) is 5.41 Å². The first kappa shape index (κ1) is 17.9. The molecule has 0 atom stereocenters. The van der Waals surface area contributed by atoms with Crippen LogP contribution in [-0.4, -0.2) is 19.9 Å². The molecule has 0 unspecified atom stereocenters. The van der Waals surface area contributed by atoms with Gasteiger partial charge in [-0.3, -0.25) is 19.4 Å². The Balaban J connectivity index is 1.80. The summed E-state index contributed by atoms with van der Waals surface area (Å²) in [5.74, 6) is -0.458. The van der Waals surface area contributed by atoms with Crippen LogP contribution in [0.1, 0.15) is 15.9 Å². The highest BCUT2D eigenvalue weighted by molar-refractivity contribution is 6.31. The fourth-order valence-electron chi connectivity index (χ4n) is 3.06. The van der Waals surface area contributed by atoms with Crippen LogP contribution < -0.4 is 16.4 Å². The second kappa shape index (κ2) is 6.94. The van der Waals surface area contributed by atoms with E-state index in [1.165, 1.54) is 15.0 Å². The highest BCUT2D eigenvalue weighted by atomic mass is 35.5. The number of carbonyl (C=O) groups is 1. The maximum atomic E-state index is 12.8. The van der Waals surface area contributed by atoms with Gasteiger partial charge in [-0.1, -0.05) is 35.9 Å². The van der Waals surface area contributed by atoms with Crippen LogP contribution in [0.25, 0.3) is 16.7 Å². The van der Waals surface area contributed by atoms with Crippen LogP contribution in [0.2, 0.25) is 5.02 Å².